The van der Waals surface area contributed by atoms with E-state index >= 15 is 0 Å². The number of hydrogen-bond donors (Lipinski definition) is 0. The number of aryl methyl sites for hydroxylation is 1. The molecule has 2 aromatic rings. The lowest BCUT2D eigenvalue weighted by Gasteiger charge is -2.19. The maximum atomic E-state index is 12.8. The second kappa shape index (κ2) is 7.89. The molecule has 3 heteroatoms. The molecule has 0 fully saturated rings. The van der Waals surface area contributed by atoms with Gasteiger partial charge in [-0.05, 0) is 58.7 Å². The number of hydrogen-bond acceptors (Lipinski definition) is 0. The van der Waals surface area contributed by atoms with Crippen molar-refractivity contribution in [3.8, 4) is 0 Å². The molecule has 0 saturated heterocycles. The average molecular weight is 369 g/mol. The molecular weight excluding hydrogens is 342 g/mol. The van der Waals surface area contributed by atoms with Gasteiger partial charge in [-0.25, -0.2) is 4.39 Å². The van der Waals surface area contributed by atoms with E-state index in [4.69, 9.17) is 23.2 Å². The van der Waals surface area contributed by atoms with E-state index in [0.29, 0.717) is 0 Å². The van der Waals surface area contributed by atoms with Crippen LogP contribution in [-0.2, 0) is 10.8 Å². The van der Waals surface area contributed by atoms with Crippen LogP contribution in [0.2, 0.25) is 10.0 Å². The van der Waals surface area contributed by atoms with Crippen LogP contribution in [0.1, 0.15) is 58.2 Å². The highest BCUT2D eigenvalue weighted by Crippen LogP contribution is 2.27. The van der Waals surface area contributed by atoms with Crippen LogP contribution in [-0.4, -0.2) is 0 Å². The van der Waals surface area contributed by atoms with Gasteiger partial charge >= 0.3 is 0 Å². The first-order valence-electron chi connectivity index (χ1n) is 8.04. The van der Waals surface area contributed by atoms with E-state index in [0.717, 1.165) is 10.6 Å². The Bertz CT molecular complexity index is 672. The predicted octanol–water partition coefficient (Wildman–Crippen LogP) is 7.72. The zero-order valence-electron chi connectivity index (χ0n) is 15.6. The summed E-state index contributed by atoms with van der Waals surface area (Å²) in [5.74, 6) is -0.357. The van der Waals surface area contributed by atoms with E-state index in [1.54, 1.807) is 12.1 Å². The molecule has 0 saturated carbocycles. The molecule has 0 spiro atoms. The molecule has 0 amide bonds. The quantitative estimate of drug-likeness (QED) is 0.446. The maximum Gasteiger partial charge on any atom is 0.141 e. The van der Waals surface area contributed by atoms with Crippen molar-refractivity contribution in [2.24, 2.45) is 0 Å². The van der Waals surface area contributed by atoms with Crippen molar-refractivity contribution in [2.45, 2.75) is 59.3 Å². The third-order valence-electron chi connectivity index (χ3n) is 3.69. The van der Waals surface area contributed by atoms with E-state index in [1.807, 2.05) is 12.1 Å². The van der Waals surface area contributed by atoms with Crippen molar-refractivity contribution in [1.29, 1.82) is 0 Å². The number of benzene rings is 2. The molecule has 0 aliphatic carbocycles. The maximum absolute atomic E-state index is 12.8. The van der Waals surface area contributed by atoms with E-state index in [-0.39, 0.29) is 21.7 Å². The van der Waals surface area contributed by atoms with Crippen molar-refractivity contribution in [1.82, 2.24) is 0 Å². The molecule has 0 N–H and O–H groups in total. The summed E-state index contributed by atoms with van der Waals surface area (Å²) in [6.07, 6.45) is 0. The van der Waals surface area contributed by atoms with Crippen molar-refractivity contribution in [3.05, 3.63) is 69.0 Å². The third kappa shape index (κ3) is 6.45. The van der Waals surface area contributed by atoms with Gasteiger partial charge in [0.2, 0.25) is 0 Å². The molecule has 0 heterocycles. The summed E-state index contributed by atoms with van der Waals surface area (Å²) in [4.78, 5) is 0. The summed E-state index contributed by atoms with van der Waals surface area (Å²) < 4.78 is 12.8. The predicted molar refractivity (Wildman–Crippen MR) is 105 cm³/mol. The van der Waals surface area contributed by atoms with Gasteiger partial charge in [-0.2, -0.15) is 0 Å². The minimum absolute atomic E-state index is 0.0251. The Morgan fingerprint density at radius 1 is 0.750 bits per heavy atom. The molecule has 0 unspecified atom stereocenters. The molecule has 0 nitrogen and oxygen atoms in total. The molecule has 2 aromatic carbocycles. The first-order valence-corrected chi connectivity index (χ1v) is 8.79. The molecule has 0 aliphatic rings. The van der Waals surface area contributed by atoms with Crippen LogP contribution in [0, 0.1) is 12.7 Å². The van der Waals surface area contributed by atoms with Crippen LogP contribution in [0.5, 0.6) is 0 Å². The van der Waals surface area contributed by atoms with Crippen LogP contribution in [0.3, 0.4) is 0 Å². The largest absolute Gasteiger partial charge is 0.205 e. The fourth-order valence-electron chi connectivity index (χ4n) is 2.13. The summed E-state index contributed by atoms with van der Waals surface area (Å²) >= 11 is 11.6. The lowest BCUT2D eigenvalue weighted by atomic mass is 9.86. The second-order valence-electron chi connectivity index (χ2n) is 8.15. The van der Waals surface area contributed by atoms with Gasteiger partial charge < -0.3 is 0 Å². The van der Waals surface area contributed by atoms with Crippen molar-refractivity contribution in [2.75, 3.05) is 0 Å². The summed E-state index contributed by atoms with van der Waals surface area (Å²) in [7, 11) is 0. The van der Waals surface area contributed by atoms with E-state index < -0.39 is 0 Å². The Hall–Kier alpha value is -1.05. The third-order valence-corrected chi connectivity index (χ3v) is 4.20. The van der Waals surface area contributed by atoms with Gasteiger partial charge in [0.15, 0.2) is 0 Å². The van der Waals surface area contributed by atoms with Gasteiger partial charge in [0.05, 0.1) is 5.02 Å². The van der Waals surface area contributed by atoms with E-state index in [2.05, 4.69) is 54.5 Å². The van der Waals surface area contributed by atoms with Gasteiger partial charge in [0, 0.05) is 5.02 Å². The van der Waals surface area contributed by atoms with Crippen LogP contribution < -0.4 is 0 Å². The Balaban J connectivity index is 0.000000240. The highest BCUT2D eigenvalue weighted by molar-refractivity contribution is 6.31. The summed E-state index contributed by atoms with van der Waals surface area (Å²) in [6.45, 7) is 14.8. The SMILES string of the molecule is CC(C)(C)c1ccc(F)c(Cl)c1.Cc1cc(Cl)cc(C(C)(C)C)c1. The van der Waals surface area contributed by atoms with Crippen molar-refractivity contribution in [3.63, 3.8) is 0 Å². The highest BCUT2D eigenvalue weighted by Gasteiger charge is 2.15. The molecule has 0 bridgehead atoms. The summed E-state index contributed by atoms with van der Waals surface area (Å²) in [6, 6.07) is 11.1. The normalized spacial score (nSPS) is 11.8. The molecule has 24 heavy (non-hydrogen) atoms. The summed E-state index contributed by atoms with van der Waals surface area (Å²) in [5.41, 5.74) is 3.79. The van der Waals surface area contributed by atoms with Crippen molar-refractivity contribution >= 4 is 23.2 Å². The number of rotatable bonds is 0. The molecular formula is C21H27Cl2F. The number of halogens is 3. The standard InChI is InChI=1S/C11H15Cl.C10H12ClF/c1-8-5-9(11(2,3)4)7-10(12)6-8;1-10(2,3)7-4-5-9(12)8(11)6-7/h5-7H,1-4H3;4-6H,1-3H3. The lowest BCUT2D eigenvalue weighted by molar-refractivity contribution is 0.583. The lowest BCUT2D eigenvalue weighted by Crippen LogP contribution is -2.10. The molecule has 132 valence electrons. The topological polar surface area (TPSA) is 0 Å². The van der Waals surface area contributed by atoms with E-state index in [9.17, 15) is 4.39 Å². The molecule has 0 aliphatic heterocycles. The van der Waals surface area contributed by atoms with Gasteiger partial charge in [-0.15, -0.1) is 0 Å². The Morgan fingerprint density at radius 3 is 1.71 bits per heavy atom. The van der Waals surface area contributed by atoms with Crippen LogP contribution in [0.4, 0.5) is 4.39 Å². The zero-order chi connectivity index (χ0) is 18.7. The van der Waals surface area contributed by atoms with Crippen LogP contribution >= 0.6 is 23.2 Å². The van der Waals surface area contributed by atoms with Gasteiger partial charge in [0.25, 0.3) is 0 Å². The van der Waals surface area contributed by atoms with E-state index in [1.165, 1.54) is 17.2 Å². The Kier molecular flexibility index (Phi) is 6.90. The first-order chi connectivity index (χ1) is 10.8. The Labute approximate surface area is 156 Å². The fraction of sp³-hybridized carbons (Fsp3) is 0.429. The molecule has 0 atom stereocenters. The molecule has 0 radical (unpaired) electrons. The van der Waals surface area contributed by atoms with Gasteiger partial charge in [0.1, 0.15) is 5.82 Å². The monoisotopic (exact) mass is 368 g/mol. The van der Waals surface area contributed by atoms with Gasteiger partial charge in [-0.1, -0.05) is 76.9 Å². The second-order valence-corrected chi connectivity index (χ2v) is 8.99. The zero-order valence-corrected chi connectivity index (χ0v) is 17.1. The summed E-state index contributed by atoms with van der Waals surface area (Å²) in [5, 5.41) is 1.03. The van der Waals surface area contributed by atoms with Crippen LogP contribution in [0.15, 0.2) is 36.4 Å². The van der Waals surface area contributed by atoms with Crippen molar-refractivity contribution < 1.29 is 4.39 Å². The first kappa shape index (κ1) is 21.0. The molecule has 2 rings (SSSR count). The minimum Gasteiger partial charge on any atom is -0.205 e. The molecule has 0 aromatic heterocycles. The average Bonchev–Trinajstić information content (AvgIpc) is 2.39. The smallest absolute Gasteiger partial charge is 0.141 e. The Morgan fingerprint density at radius 2 is 1.29 bits per heavy atom. The van der Waals surface area contributed by atoms with Crippen LogP contribution in [0.25, 0.3) is 0 Å². The highest BCUT2D eigenvalue weighted by atomic mass is 35.5. The fourth-order valence-corrected chi connectivity index (χ4v) is 2.60. The van der Waals surface area contributed by atoms with Gasteiger partial charge in [-0.3, -0.25) is 0 Å². The minimum atomic E-state index is -0.357.